The Balaban J connectivity index is 1.81. The Hall–Kier alpha value is -1.13. The lowest BCUT2D eigenvalue weighted by atomic mass is 10.2. The van der Waals surface area contributed by atoms with Crippen LogP contribution in [0.5, 0.6) is 0 Å². The van der Waals surface area contributed by atoms with Gasteiger partial charge in [-0.05, 0) is 43.3 Å². The van der Waals surface area contributed by atoms with E-state index in [1.807, 2.05) is 22.2 Å². The van der Waals surface area contributed by atoms with Crippen LogP contribution in [0.3, 0.4) is 0 Å². The van der Waals surface area contributed by atoms with Gasteiger partial charge < -0.3 is 5.32 Å². The van der Waals surface area contributed by atoms with Crippen molar-refractivity contribution >= 4 is 11.3 Å². The Morgan fingerprint density at radius 1 is 1.47 bits per heavy atom. The molecule has 0 aliphatic heterocycles. The second-order valence-corrected chi connectivity index (χ2v) is 5.37. The van der Waals surface area contributed by atoms with Crippen LogP contribution in [0.25, 0.3) is 0 Å². The molecule has 3 nitrogen and oxygen atoms in total. The lowest BCUT2D eigenvalue weighted by molar-refractivity contribution is 0.510. The molecule has 17 heavy (non-hydrogen) atoms. The average molecular weight is 249 g/mol. The summed E-state index contributed by atoms with van der Waals surface area (Å²) in [6, 6.07) is 2.60. The number of nitrogens with zero attached hydrogens (tertiary/aromatic N) is 2. The summed E-state index contributed by atoms with van der Waals surface area (Å²) in [5.41, 5.74) is 2.59. The van der Waals surface area contributed by atoms with Crippen LogP contribution < -0.4 is 5.32 Å². The van der Waals surface area contributed by atoms with Crippen LogP contribution in [0.2, 0.25) is 0 Å². The van der Waals surface area contributed by atoms with Gasteiger partial charge in [0.1, 0.15) is 0 Å². The van der Waals surface area contributed by atoms with E-state index in [1.165, 1.54) is 16.0 Å². The first-order valence-electron chi connectivity index (χ1n) is 5.93. The van der Waals surface area contributed by atoms with Gasteiger partial charge in [-0.25, -0.2) is 0 Å². The molecule has 2 aromatic heterocycles. The highest BCUT2D eigenvalue weighted by Gasteiger charge is 2.08. The number of hydrogen-bond donors (Lipinski definition) is 1. The van der Waals surface area contributed by atoms with E-state index in [0.717, 1.165) is 13.1 Å². The van der Waals surface area contributed by atoms with Crippen LogP contribution in [-0.4, -0.2) is 16.3 Å². The fraction of sp³-hybridized carbons (Fsp3) is 0.462. The van der Waals surface area contributed by atoms with Gasteiger partial charge in [0.05, 0.1) is 12.7 Å². The zero-order valence-electron chi connectivity index (χ0n) is 10.6. The summed E-state index contributed by atoms with van der Waals surface area (Å²) in [5.74, 6) is 0. The minimum absolute atomic E-state index is 0.423. The molecule has 1 unspecified atom stereocenters. The van der Waals surface area contributed by atoms with Crippen molar-refractivity contribution in [3.63, 3.8) is 0 Å². The third-order valence-electron chi connectivity index (χ3n) is 2.85. The van der Waals surface area contributed by atoms with Gasteiger partial charge in [0.15, 0.2) is 0 Å². The highest BCUT2D eigenvalue weighted by molar-refractivity contribution is 7.10. The molecule has 0 bridgehead atoms. The zero-order chi connectivity index (χ0) is 12.3. The van der Waals surface area contributed by atoms with Crippen LogP contribution in [-0.2, 0) is 6.54 Å². The monoisotopic (exact) mass is 249 g/mol. The molecule has 0 saturated heterocycles. The van der Waals surface area contributed by atoms with Gasteiger partial charge in [0.25, 0.3) is 0 Å². The number of aryl methyl sites for hydroxylation is 2. The largest absolute Gasteiger partial charge is 0.308 e. The first-order chi connectivity index (χ1) is 8.16. The molecule has 1 atom stereocenters. The average Bonchev–Trinajstić information content (AvgIpc) is 2.87. The Labute approximate surface area is 106 Å². The number of aromatic nitrogens is 2. The van der Waals surface area contributed by atoms with Crippen molar-refractivity contribution < 1.29 is 0 Å². The van der Waals surface area contributed by atoms with E-state index in [0.29, 0.717) is 6.04 Å². The van der Waals surface area contributed by atoms with Crippen molar-refractivity contribution in [1.82, 2.24) is 15.1 Å². The van der Waals surface area contributed by atoms with Gasteiger partial charge in [-0.1, -0.05) is 0 Å². The molecular formula is C13H19N3S. The number of rotatable bonds is 5. The SMILES string of the molecule is Cc1cnn(CCNC(C)c2sccc2C)c1. The fourth-order valence-electron chi connectivity index (χ4n) is 1.91. The molecule has 0 amide bonds. The summed E-state index contributed by atoms with van der Waals surface area (Å²) < 4.78 is 1.98. The van der Waals surface area contributed by atoms with Crippen molar-refractivity contribution in [1.29, 1.82) is 0 Å². The van der Waals surface area contributed by atoms with Crippen LogP contribution >= 0.6 is 11.3 Å². The van der Waals surface area contributed by atoms with E-state index >= 15 is 0 Å². The molecule has 4 heteroatoms. The highest BCUT2D eigenvalue weighted by Crippen LogP contribution is 2.22. The smallest absolute Gasteiger partial charge is 0.0534 e. The molecule has 92 valence electrons. The standard InChI is InChI=1S/C13H19N3S/c1-10-8-15-16(9-10)6-5-14-12(3)13-11(2)4-7-17-13/h4,7-9,12,14H,5-6H2,1-3H3. The van der Waals surface area contributed by atoms with Gasteiger partial charge in [-0.3, -0.25) is 4.68 Å². The topological polar surface area (TPSA) is 29.9 Å². The normalized spacial score (nSPS) is 12.9. The van der Waals surface area contributed by atoms with Crippen molar-refractivity contribution in [2.24, 2.45) is 0 Å². The lowest BCUT2D eigenvalue weighted by Gasteiger charge is -2.13. The van der Waals surface area contributed by atoms with Crippen molar-refractivity contribution in [3.8, 4) is 0 Å². The van der Waals surface area contributed by atoms with Gasteiger partial charge in [0, 0.05) is 23.7 Å². The Morgan fingerprint density at radius 3 is 2.88 bits per heavy atom. The molecule has 0 radical (unpaired) electrons. The minimum Gasteiger partial charge on any atom is -0.308 e. The highest BCUT2D eigenvalue weighted by atomic mass is 32.1. The van der Waals surface area contributed by atoms with Gasteiger partial charge >= 0.3 is 0 Å². The molecule has 0 aromatic carbocycles. The second-order valence-electron chi connectivity index (χ2n) is 4.42. The summed E-state index contributed by atoms with van der Waals surface area (Å²) in [7, 11) is 0. The van der Waals surface area contributed by atoms with Crippen molar-refractivity contribution in [2.75, 3.05) is 6.54 Å². The van der Waals surface area contributed by atoms with Crippen LogP contribution in [0.15, 0.2) is 23.8 Å². The van der Waals surface area contributed by atoms with E-state index in [-0.39, 0.29) is 0 Å². The molecule has 2 rings (SSSR count). The van der Waals surface area contributed by atoms with Gasteiger partial charge in [-0.2, -0.15) is 5.10 Å². The first-order valence-corrected chi connectivity index (χ1v) is 6.81. The quantitative estimate of drug-likeness (QED) is 0.883. The summed E-state index contributed by atoms with van der Waals surface area (Å²) in [6.45, 7) is 8.31. The molecular weight excluding hydrogens is 230 g/mol. The second kappa shape index (κ2) is 5.47. The molecule has 2 heterocycles. The number of thiophene rings is 1. The lowest BCUT2D eigenvalue weighted by Crippen LogP contribution is -2.23. The zero-order valence-corrected chi connectivity index (χ0v) is 11.4. The number of nitrogens with one attached hydrogen (secondary N) is 1. The van der Waals surface area contributed by atoms with Crippen LogP contribution in [0, 0.1) is 13.8 Å². The maximum atomic E-state index is 4.27. The third kappa shape index (κ3) is 3.17. The molecule has 0 aliphatic carbocycles. The van der Waals surface area contributed by atoms with Crippen LogP contribution in [0.4, 0.5) is 0 Å². The maximum absolute atomic E-state index is 4.27. The summed E-state index contributed by atoms with van der Waals surface area (Å²) >= 11 is 1.82. The molecule has 0 saturated carbocycles. The summed E-state index contributed by atoms with van der Waals surface area (Å²) in [4.78, 5) is 1.43. The third-order valence-corrected chi connectivity index (χ3v) is 4.05. The van der Waals surface area contributed by atoms with E-state index < -0.39 is 0 Å². The molecule has 0 spiro atoms. The van der Waals surface area contributed by atoms with E-state index in [9.17, 15) is 0 Å². The van der Waals surface area contributed by atoms with Crippen molar-refractivity contribution in [2.45, 2.75) is 33.4 Å². The predicted octanol–water partition coefficient (Wildman–Crippen LogP) is 2.91. The predicted molar refractivity (Wildman–Crippen MR) is 72.4 cm³/mol. The molecule has 0 aliphatic rings. The van der Waals surface area contributed by atoms with E-state index in [1.54, 1.807) is 0 Å². The summed E-state index contributed by atoms with van der Waals surface area (Å²) in [5, 5.41) is 9.96. The Kier molecular flexibility index (Phi) is 3.97. The first kappa shape index (κ1) is 12.3. The minimum atomic E-state index is 0.423. The maximum Gasteiger partial charge on any atom is 0.0534 e. The van der Waals surface area contributed by atoms with E-state index in [4.69, 9.17) is 0 Å². The molecule has 0 fully saturated rings. The van der Waals surface area contributed by atoms with Crippen molar-refractivity contribution in [3.05, 3.63) is 39.8 Å². The van der Waals surface area contributed by atoms with Gasteiger partial charge in [0.2, 0.25) is 0 Å². The summed E-state index contributed by atoms with van der Waals surface area (Å²) in [6.07, 6.45) is 3.97. The fourth-order valence-corrected chi connectivity index (χ4v) is 2.87. The Morgan fingerprint density at radius 2 is 2.29 bits per heavy atom. The molecule has 1 N–H and O–H groups in total. The molecule has 2 aromatic rings. The Bertz CT molecular complexity index is 472. The van der Waals surface area contributed by atoms with Gasteiger partial charge in [-0.15, -0.1) is 11.3 Å². The van der Waals surface area contributed by atoms with E-state index in [2.05, 4.69) is 48.8 Å². The number of hydrogen-bond acceptors (Lipinski definition) is 3. The van der Waals surface area contributed by atoms with Crippen LogP contribution in [0.1, 0.15) is 29.0 Å².